The monoisotopic (exact) mass is 659 g/mol. The smallest absolute Gasteiger partial charge is 0.178 e. The number of hydrogen-bond acceptors (Lipinski definition) is 4. The molecule has 0 amide bonds. The molecule has 0 spiro atoms. The van der Waals surface area contributed by atoms with Crippen LogP contribution in [0, 0.1) is 0 Å². The minimum Gasteiger partial charge on any atom is -0.610 e. The molecule has 6 nitrogen and oxygen atoms in total. The second-order valence-electron chi connectivity index (χ2n) is 13.3. The van der Waals surface area contributed by atoms with Gasteiger partial charge in [0.2, 0.25) is 0 Å². The lowest BCUT2D eigenvalue weighted by Gasteiger charge is -2.51. The number of para-hydroxylation sites is 3. The van der Waals surface area contributed by atoms with E-state index in [-0.39, 0.29) is 18.6 Å². The Labute approximate surface area is 292 Å². The second-order valence-corrected chi connectivity index (χ2v) is 13.3. The summed E-state index contributed by atoms with van der Waals surface area (Å²) < 4.78 is 15.2. The van der Waals surface area contributed by atoms with Crippen molar-refractivity contribution in [3.05, 3.63) is 174 Å². The lowest BCUT2D eigenvalue weighted by molar-refractivity contribution is 0.275. The highest BCUT2D eigenvalue weighted by molar-refractivity contribution is 6.19. The number of furan rings is 2. The molecule has 7 aromatic carbocycles. The maximum Gasteiger partial charge on any atom is 0.178 e. The predicted octanol–water partition coefficient (Wildman–Crippen LogP) is 11.7. The molecule has 11 rings (SSSR count). The number of rotatable bonds is 4. The SMILES string of the molecule is c1ccc(-c2cccc3c4ccccc4n(C4[N-]C(c5ccc6oc7c(ccc8c9ccccc9oc87)c6c5)NC(c5ccccc5)N4)c23)cc1. The summed E-state index contributed by atoms with van der Waals surface area (Å²) in [5, 5.41) is 19.9. The van der Waals surface area contributed by atoms with Crippen LogP contribution in [0.15, 0.2) is 167 Å². The first-order valence-electron chi connectivity index (χ1n) is 17.4. The Kier molecular flexibility index (Phi) is 6.27. The Hall–Kier alpha value is -6.18. The van der Waals surface area contributed by atoms with Crippen LogP contribution in [0.1, 0.15) is 29.7 Å². The van der Waals surface area contributed by atoms with Crippen molar-refractivity contribution >= 4 is 65.7 Å². The highest BCUT2D eigenvalue weighted by Crippen LogP contribution is 2.44. The van der Waals surface area contributed by atoms with E-state index in [0.29, 0.717) is 0 Å². The summed E-state index contributed by atoms with van der Waals surface area (Å²) in [6.45, 7) is 0. The maximum absolute atomic E-state index is 6.50. The lowest BCUT2D eigenvalue weighted by atomic mass is 10.0. The van der Waals surface area contributed by atoms with Gasteiger partial charge in [-0.1, -0.05) is 133 Å². The van der Waals surface area contributed by atoms with E-state index >= 15 is 0 Å². The largest absolute Gasteiger partial charge is 0.610 e. The summed E-state index contributed by atoms with van der Waals surface area (Å²) in [6.07, 6.45) is -0.850. The van der Waals surface area contributed by atoms with E-state index in [0.717, 1.165) is 66.0 Å². The molecule has 0 aliphatic carbocycles. The molecule has 6 heteroatoms. The van der Waals surface area contributed by atoms with Crippen molar-refractivity contribution in [3.8, 4) is 11.1 Å². The molecule has 1 aliphatic heterocycles. The molecule has 0 saturated carbocycles. The van der Waals surface area contributed by atoms with Gasteiger partial charge in [-0.15, -0.1) is 0 Å². The number of nitrogens with one attached hydrogen (secondary N) is 2. The van der Waals surface area contributed by atoms with Gasteiger partial charge < -0.3 is 24.0 Å². The van der Waals surface area contributed by atoms with Crippen molar-refractivity contribution in [2.75, 3.05) is 0 Å². The third-order valence-electron chi connectivity index (χ3n) is 10.4. The predicted molar refractivity (Wildman–Crippen MR) is 206 cm³/mol. The molecule has 3 atom stereocenters. The standard InChI is InChI=1S/C45H31N4O2/c1-3-12-27(13-4-1)30-18-11-19-33-31-16-7-9-20-37(31)49(40(30)33)45-47-43(28-14-5-2-6-15-28)46-44(48-45)29-22-25-39-36(26-29)35-24-23-34-32-17-8-10-21-38(32)50-41(34)42(35)51-39/h1-26,43-47H/q-1. The highest BCUT2D eigenvalue weighted by atomic mass is 16.4. The van der Waals surface area contributed by atoms with Crippen molar-refractivity contribution in [1.82, 2.24) is 15.2 Å². The van der Waals surface area contributed by atoms with Gasteiger partial charge in [0.05, 0.1) is 11.7 Å². The maximum atomic E-state index is 6.50. The molecule has 3 aromatic heterocycles. The van der Waals surface area contributed by atoms with E-state index in [1.54, 1.807) is 0 Å². The molecule has 3 unspecified atom stereocenters. The summed E-state index contributed by atoms with van der Waals surface area (Å²) in [7, 11) is 0. The fourth-order valence-corrected chi connectivity index (χ4v) is 8.11. The molecule has 2 N–H and O–H groups in total. The van der Waals surface area contributed by atoms with Crippen molar-refractivity contribution < 1.29 is 8.83 Å². The Morgan fingerprint density at radius 3 is 1.98 bits per heavy atom. The Balaban J connectivity index is 1.09. The second kappa shape index (κ2) is 11.2. The van der Waals surface area contributed by atoms with Crippen molar-refractivity contribution in [1.29, 1.82) is 0 Å². The molecule has 4 heterocycles. The summed E-state index contributed by atoms with van der Waals surface area (Å²) in [5.41, 5.74) is 10.1. The van der Waals surface area contributed by atoms with E-state index < -0.39 is 0 Å². The van der Waals surface area contributed by atoms with Gasteiger partial charge in [0.1, 0.15) is 11.2 Å². The number of hydrogen-bond donors (Lipinski definition) is 2. The normalized spacial score (nSPS) is 18.2. The van der Waals surface area contributed by atoms with Gasteiger partial charge in [-0.05, 0) is 53.8 Å². The lowest BCUT2D eigenvalue weighted by Crippen LogP contribution is -2.46. The Morgan fingerprint density at radius 2 is 1.16 bits per heavy atom. The van der Waals surface area contributed by atoms with Crippen molar-refractivity contribution in [2.45, 2.75) is 18.6 Å². The van der Waals surface area contributed by atoms with Gasteiger partial charge in [-0.25, -0.2) is 0 Å². The third-order valence-corrected chi connectivity index (χ3v) is 10.4. The zero-order chi connectivity index (χ0) is 33.5. The third kappa shape index (κ3) is 4.41. The summed E-state index contributed by atoms with van der Waals surface area (Å²) in [4.78, 5) is 0. The van der Waals surface area contributed by atoms with Gasteiger partial charge in [0, 0.05) is 43.4 Å². The molecule has 1 saturated heterocycles. The Bertz CT molecular complexity index is 2920. The fourth-order valence-electron chi connectivity index (χ4n) is 8.11. The van der Waals surface area contributed by atoms with E-state index in [9.17, 15) is 0 Å². The molecule has 0 radical (unpaired) electrons. The van der Waals surface area contributed by atoms with Crippen LogP contribution in [0.3, 0.4) is 0 Å². The average molecular weight is 660 g/mol. The van der Waals surface area contributed by atoms with Crippen LogP contribution in [-0.4, -0.2) is 4.57 Å². The molecule has 10 aromatic rings. The number of nitrogens with zero attached hydrogens (tertiary/aromatic N) is 2. The Morgan fingerprint density at radius 1 is 0.490 bits per heavy atom. The van der Waals surface area contributed by atoms with Gasteiger partial charge in [0.15, 0.2) is 11.2 Å². The van der Waals surface area contributed by atoms with E-state index in [2.05, 4.69) is 155 Å². The van der Waals surface area contributed by atoms with E-state index in [4.69, 9.17) is 14.2 Å². The summed E-state index contributed by atoms with van der Waals surface area (Å²) in [6, 6.07) is 55.3. The molecule has 0 bridgehead atoms. The quantitative estimate of drug-likeness (QED) is 0.197. The van der Waals surface area contributed by atoms with E-state index in [1.165, 1.54) is 21.9 Å². The summed E-state index contributed by atoms with van der Waals surface area (Å²) >= 11 is 0. The molecule has 1 aliphatic rings. The van der Waals surface area contributed by atoms with Crippen LogP contribution in [0.2, 0.25) is 0 Å². The minimum absolute atomic E-state index is 0.161. The first-order valence-corrected chi connectivity index (χ1v) is 17.4. The molecule has 244 valence electrons. The first kappa shape index (κ1) is 28.6. The van der Waals surface area contributed by atoms with Crippen LogP contribution < -0.4 is 10.6 Å². The first-order chi connectivity index (χ1) is 25.3. The van der Waals surface area contributed by atoms with Crippen molar-refractivity contribution in [3.63, 3.8) is 0 Å². The molecule has 1 fully saturated rings. The number of fused-ring (bicyclic) bond motifs is 10. The minimum atomic E-state index is -0.374. The number of aromatic nitrogens is 1. The van der Waals surface area contributed by atoms with Crippen LogP contribution in [0.4, 0.5) is 0 Å². The fraction of sp³-hybridized carbons (Fsp3) is 0.0667. The zero-order valence-corrected chi connectivity index (χ0v) is 27.5. The average Bonchev–Trinajstić information content (AvgIpc) is 3.88. The molecular formula is C45H31N4O2-. The van der Waals surface area contributed by atoms with Crippen LogP contribution in [0.25, 0.3) is 82.1 Å². The van der Waals surface area contributed by atoms with Gasteiger partial charge in [-0.3, -0.25) is 5.32 Å². The van der Waals surface area contributed by atoms with Gasteiger partial charge in [-0.2, -0.15) is 0 Å². The van der Waals surface area contributed by atoms with Crippen molar-refractivity contribution in [2.24, 2.45) is 0 Å². The van der Waals surface area contributed by atoms with Crippen LogP contribution >= 0.6 is 0 Å². The van der Waals surface area contributed by atoms with Crippen LogP contribution in [0.5, 0.6) is 0 Å². The number of benzene rings is 7. The van der Waals surface area contributed by atoms with Crippen LogP contribution in [-0.2, 0) is 0 Å². The van der Waals surface area contributed by atoms with Gasteiger partial charge >= 0.3 is 0 Å². The topological polar surface area (TPSA) is 69.4 Å². The molecule has 51 heavy (non-hydrogen) atoms. The molecular weight excluding hydrogens is 629 g/mol. The van der Waals surface area contributed by atoms with E-state index in [1.807, 2.05) is 18.2 Å². The summed E-state index contributed by atoms with van der Waals surface area (Å²) in [5.74, 6) is 0. The zero-order valence-electron chi connectivity index (χ0n) is 27.5. The highest BCUT2D eigenvalue weighted by Gasteiger charge is 2.26. The van der Waals surface area contributed by atoms with Gasteiger partial charge in [0.25, 0.3) is 0 Å².